The van der Waals surface area contributed by atoms with Gasteiger partial charge in [0.05, 0.1) is 7.11 Å². The first-order valence-corrected chi connectivity index (χ1v) is 7.10. The molecule has 0 saturated heterocycles. The second-order valence-electron chi connectivity index (χ2n) is 4.97. The lowest BCUT2D eigenvalue weighted by molar-refractivity contribution is 0.406. The first-order chi connectivity index (χ1) is 9.60. The van der Waals surface area contributed by atoms with E-state index in [1.807, 2.05) is 24.3 Å². The van der Waals surface area contributed by atoms with E-state index in [9.17, 15) is 0 Å². The summed E-state index contributed by atoms with van der Waals surface area (Å²) in [7, 11) is 1.70. The number of hydrogen-bond acceptors (Lipinski definition) is 2. The molecule has 1 atom stereocenters. The summed E-state index contributed by atoms with van der Waals surface area (Å²) >= 11 is 6.03. The van der Waals surface area contributed by atoms with Gasteiger partial charge in [0, 0.05) is 23.2 Å². The highest BCUT2D eigenvalue weighted by Crippen LogP contribution is 2.22. The third-order valence-electron chi connectivity index (χ3n) is 3.38. The number of aryl methyl sites for hydroxylation is 1. The van der Waals surface area contributed by atoms with Crippen molar-refractivity contribution >= 4 is 11.6 Å². The smallest absolute Gasteiger partial charge is 0.123 e. The molecule has 1 N–H and O–H groups in total. The van der Waals surface area contributed by atoms with Gasteiger partial charge in [0.2, 0.25) is 0 Å². The van der Waals surface area contributed by atoms with E-state index in [0.717, 1.165) is 17.3 Å². The van der Waals surface area contributed by atoms with Gasteiger partial charge in [0.25, 0.3) is 0 Å². The Labute approximate surface area is 125 Å². The quantitative estimate of drug-likeness (QED) is 0.874. The minimum atomic E-state index is 0.235. The molecule has 20 heavy (non-hydrogen) atoms. The fourth-order valence-electron chi connectivity index (χ4n) is 2.20. The van der Waals surface area contributed by atoms with E-state index in [4.69, 9.17) is 16.3 Å². The predicted octanol–water partition coefficient (Wildman–Crippen LogP) is 4.51. The summed E-state index contributed by atoms with van der Waals surface area (Å²) in [6.07, 6.45) is 0. The van der Waals surface area contributed by atoms with E-state index in [0.29, 0.717) is 0 Å². The number of methoxy groups -OCH3 is 1. The van der Waals surface area contributed by atoms with Gasteiger partial charge in [-0.2, -0.15) is 0 Å². The van der Waals surface area contributed by atoms with Gasteiger partial charge in [-0.1, -0.05) is 41.4 Å². The molecule has 2 aromatic carbocycles. The lowest BCUT2D eigenvalue weighted by atomic mass is 10.1. The van der Waals surface area contributed by atoms with E-state index in [1.165, 1.54) is 16.7 Å². The molecular formula is C17H20ClNO. The Morgan fingerprint density at radius 3 is 2.70 bits per heavy atom. The molecule has 2 aromatic rings. The minimum Gasteiger partial charge on any atom is -0.496 e. The molecule has 0 aliphatic heterocycles. The Bertz CT molecular complexity index is 583. The van der Waals surface area contributed by atoms with Crippen LogP contribution in [0.4, 0.5) is 0 Å². The van der Waals surface area contributed by atoms with Crippen molar-refractivity contribution in [2.75, 3.05) is 7.11 Å². The normalized spacial score (nSPS) is 12.2. The van der Waals surface area contributed by atoms with Crippen LogP contribution in [0.3, 0.4) is 0 Å². The van der Waals surface area contributed by atoms with Gasteiger partial charge >= 0.3 is 0 Å². The molecule has 0 spiro atoms. The summed E-state index contributed by atoms with van der Waals surface area (Å²) in [6, 6.07) is 14.4. The molecule has 2 nitrogen and oxygen atoms in total. The van der Waals surface area contributed by atoms with Crippen LogP contribution in [0, 0.1) is 6.92 Å². The maximum atomic E-state index is 6.03. The van der Waals surface area contributed by atoms with Crippen LogP contribution in [-0.4, -0.2) is 7.11 Å². The topological polar surface area (TPSA) is 21.3 Å². The zero-order valence-corrected chi connectivity index (χ0v) is 12.9. The molecule has 1 unspecified atom stereocenters. The predicted molar refractivity (Wildman–Crippen MR) is 84.4 cm³/mol. The van der Waals surface area contributed by atoms with Crippen molar-refractivity contribution in [3.8, 4) is 5.75 Å². The van der Waals surface area contributed by atoms with Crippen LogP contribution in [-0.2, 0) is 6.54 Å². The van der Waals surface area contributed by atoms with Crippen molar-refractivity contribution in [1.82, 2.24) is 5.32 Å². The highest BCUT2D eigenvalue weighted by Gasteiger charge is 2.08. The lowest BCUT2D eigenvalue weighted by Gasteiger charge is -2.16. The maximum Gasteiger partial charge on any atom is 0.123 e. The Hall–Kier alpha value is -1.51. The summed E-state index contributed by atoms with van der Waals surface area (Å²) in [6.45, 7) is 4.98. The van der Waals surface area contributed by atoms with Gasteiger partial charge < -0.3 is 10.1 Å². The fourth-order valence-corrected chi connectivity index (χ4v) is 2.40. The molecule has 0 amide bonds. The zero-order chi connectivity index (χ0) is 14.5. The summed E-state index contributed by atoms with van der Waals surface area (Å²) in [5.74, 6) is 0.918. The van der Waals surface area contributed by atoms with E-state index in [-0.39, 0.29) is 6.04 Å². The monoisotopic (exact) mass is 289 g/mol. The van der Waals surface area contributed by atoms with Crippen LogP contribution in [0.5, 0.6) is 5.75 Å². The summed E-state index contributed by atoms with van der Waals surface area (Å²) < 4.78 is 5.40. The second-order valence-corrected chi connectivity index (χ2v) is 5.41. The molecular weight excluding hydrogens is 270 g/mol. The van der Waals surface area contributed by atoms with Crippen molar-refractivity contribution < 1.29 is 4.74 Å². The molecule has 2 rings (SSSR count). The minimum absolute atomic E-state index is 0.235. The average Bonchev–Trinajstić information content (AvgIpc) is 2.45. The van der Waals surface area contributed by atoms with E-state index in [1.54, 1.807) is 7.11 Å². The van der Waals surface area contributed by atoms with E-state index < -0.39 is 0 Å². The SMILES string of the molecule is COc1ccc(C)cc1CNC(C)c1cccc(Cl)c1. The molecule has 106 valence electrons. The maximum absolute atomic E-state index is 6.03. The fraction of sp³-hybridized carbons (Fsp3) is 0.294. The van der Waals surface area contributed by atoms with E-state index >= 15 is 0 Å². The number of hydrogen-bond donors (Lipinski definition) is 1. The highest BCUT2D eigenvalue weighted by atomic mass is 35.5. The third-order valence-corrected chi connectivity index (χ3v) is 3.62. The van der Waals surface area contributed by atoms with Crippen LogP contribution in [0.1, 0.15) is 29.7 Å². The summed E-state index contributed by atoms with van der Waals surface area (Å²) in [5, 5.41) is 4.27. The van der Waals surface area contributed by atoms with Crippen molar-refractivity contribution in [2.45, 2.75) is 26.4 Å². The number of ether oxygens (including phenoxy) is 1. The van der Waals surface area contributed by atoms with Gasteiger partial charge in [-0.15, -0.1) is 0 Å². The molecule has 0 aromatic heterocycles. The van der Waals surface area contributed by atoms with Gasteiger partial charge in [0.15, 0.2) is 0 Å². The van der Waals surface area contributed by atoms with Gasteiger partial charge in [-0.25, -0.2) is 0 Å². The number of nitrogens with one attached hydrogen (secondary N) is 1. The summed E-state index contributed by atoms with van der Waals surface area (Å²) in [4.78, 5) is 0. The molecule has 0 fully saturated rings. The highest BCUT2D eigenvalue weighted by molar-refractivity contribution is 6.30. The first-order valence-electron chi connectivity index (χ1n) is 6.72. The van der Waals surface area contributed by atoms with Gasteiger partial charge in [0.1, 0.15) is 5.75 Å². The second kappa shape index (κ2) is 6.78. The van der Waals surface area contributed by atoms with Crippen molar-refractivity contribution in [2.24, 2.45) is 0 Å². The van der Waals surface area contributed by atoms with E-state index in [2.05, 4.69) is 37.4 Å². The molecule has 0 saturated carbocycles. The molecule has 0 bridgehead atoms. The molecule has 3 heteroatoms. The Morgan fingerprint density at radius 2 is 2.00 bits per heavy atom. The van der Waals surface area contributed by atoms with Gasteiger partial charge in [-0.3, -0.25) is 0 Å². The van der Waals surface area contributed by atoms with Crippen LogP contribution in [0.15, 0.2) is 42.5 Å². The Balaban J connectivity index is 2.06. The van der Waals surface area contributed by atoms with Crippen LogP contribution in [0.2, 0.25) is 5.02 Å². The number of benzene rings is 2. The standard InChI is InChI=1S/C17H20ClNO/c1-12-7-8-17(20-3)15(9-12)11-19-13(2)14-5-4-6-16(18)10-14/h4-10,13,19H,11H2,1-3H3. The van der Waals surface area contributed by atoms with Crippen LogP contribution in [0.25, 0.3) is 0 Å². The zero-order valence-electron chi connectivity index (χ0n) is 12.1. The Morgan fingerprint density at radius 1 is 1.20 bits per heavy atom. The van der Waals surface area contributed by atoms with Crippen molar-refractivity contribution in [1.29, 1.82) is 0 Å². The van der Waals surface area contributed by atoms with Crippen LogP contribution >= 0.6 is 11.6 Å². The van der Waals surface area contributed by atoms with Crippen molar-refractivity contribution in [3.63, 3.8) is 0 Å². The molecule has 0 heterocycles. The third kappa shape index (κ3) is 3.75. The molecule has 0 aliphatic rings. The largest absolute Gasteiger partial charge is 0.496 e. The number of halogens is 1. The van der Waals surface area contributed by atoms with Crippen LogP contribution < -0.4 is 10.1 Å². The van der Waals surface area contributed by atoms with Gasteiger partial charge in [-0.05, 0) is 37.6 Å². The summed E-state index contributed by atoms with van der Waals surface area (Å²) in [5.41, 5.74) is 3.59. The average molecular weight is 290 g/mol. The molecule has 0 radical (unpaired) electrons. The number of rotatable bonds is 5. The lowest BCUT2D eigenvalue weighted by Crippen LogP contribution is -2.18. The van der Waals surface area contributed by atoms with Crippen molar-refractivity contribution in [3.05, 3.63) is 64.2 Å². The molecule has 0 aliphatic carbocycles. The first kappa shape index (κ1) is 14.9. The Kier molecular flexibility index (Phi) is 5.05.